The number of hydrogen-bond acceptors (Lipinski definition) is 2. The molecule has 0 unspecified atom stereocenters. The number of carbonyl (C=O) groups excluding carboxylic acids is 1. The highest BCUT2D eigenvalue weighted by molar-refractivity contribution is 5.87. The van der Waals surface area contributed by atoms with Gasteiger partial charge in [-0.1, -0.05) is 50.6 Å². The fraction of sp³-hybridized carbons (Fsp3) is 0.562. The number of nitrogens with zero attached hydrogens (tertiary/aromatic N) is 2. The monoisotopic (exact) mass is 468 g/mol. The number of aromatic nitrogens is 1. The third-order valence-electron chi connectivity index (χ3n) is 11.2. The molecule has 0 radical (unpaired) electrons. The van der Waals surface area contributed by atoms with E-state index in [4.69, 9.17) is 0 Å². The van der Waals surface area contributed by atoms with E-state index < -0.39 is 0 Å². The van der Waals surface area contributed by atoms with Crippen molar-refractivity contribution in [3.8, 4) is 0 Å². The second-order valence-corrected chi connectivity index (χ2v) is 12.7. The lowest BCUT2D eigenvalue weighted by Crippen LogP contribution is -2.56. The summed E-state index contributed by atoms with van der Waals surface area (Å²) in [6, 6.07) is 9.44. The highest BCUT2D eigenvalue weighted by Gasteiger charge is 2.62. The van der Waals surface area contributed by atoms with Gasteiger partial charge >= 0.3 is 0 Å². The van der Waals surface area contributed by atoms with E-state index in [1.54, 1.807) is 18.1 Å². The van der Waals surface area contributed by atoms with Crippen LogP contribution in [0.2, 0.25) is 0 Å². The van der Waals surface area contributed by atoms with Crippen molar-refractivity contribution >= 4 is 22.3 Å². The van der Waals surface area contributed by atoms with E-state index >= 15 is 0 Å². The first kappa shape index (κ1) is 23.0. The summed E-state index contributed by atoms with van der Waals surface area (Å²) in [5, 5.41) is 2.51. The standard InChI is InChI=1S/C32H40N2O/c1-21(35)34(5)26-11-15-30(2)25(19-26)10-14-32(4)28-9-8-27(31(28,3)16-12-29(30)32)23-7-6-22-13-17-33-20-24(22)18-23/h6-8,10,13,17-18,20,26,28-29H,9,11-12,14-16,19H2,1-5H3/t26-,28-,29-,30+,31-,32+/m1/s1. The first-order valence-corrected chi connectivity index (χ1v) is 13.6. The molecule has 0 bridgehead atoms. The molecule has 4 aliphatic carbocycles. The van der Waals surface area contributed by atoms with Crippen LogP contribution in [0.1, 0.15) is 78.2 Å². The van der Waals surface area contributed by atoms with Crippen molar-refractivity contribution in [1.82, 2.24) is 9.88 Å². The van der Waals surface area contributed by atoms with Crippen LogP contribution in [-0.4, -0.2) is 28.9 Å². The van der Waals surface area contributed by atoms with E-state index in [9.17, 15) is 4.79 Å². The van der Waals surface area contributed by atoms with E-state index in [2.05, 4.69) is 62.2 Å². The van der Waals surface area contributed by atoms with Crippen molar-refractivity contribution in [2.24, 2.45) is 28.1 Å². The van der Waals surface area contributed by atoms with Crippen molar-refractivity contribution in [3.05, 3.63) is 59.9 Å². The Labute approximate surface area is 210 Å². The molecule has 184 valence electrons. The highest BCUT2D eigenvalue weighted by Crippen LogP contribution is 2.71. The Kier molecular flexibility index (Phi) is 5.12. The maximum atomic E-state index is 12.0. The molecule has 1 aromatic carbocycles. The Bertz CT molecular complexity index is 1260. The number of fused-ring (bicyclic) bond motifs is 6. The summed E-state index contributed by atoms with van der Waals surface area (Å²) in [7, 11) is 1.99. The van der Waals surface area contributed by atoms with Crippen LogP contribution in [0, 0.1) is 28.1 Å². The second kappa shape index (κ2) is 7.79. The number of carbonyl (C=O) groups is 1. The molecular weight excluding hydrogens is 428 g/mol. The molecule has 35 heavy (non-hydrogen) atoms. The zero-order valence-corrected chi connectivity index (χ0v) is 22.1. The average Bonchev–Trinajstić information content (AvgIpc) is 3.21. The van der Waals surface area contributed by atoms with Crippen molar-refractivity contribution in [2.75, 3.05) is 7.05 Å². The van der Waals surface area contributed by atoms with Crippen molar-refractivity contribution < 1.29 is 4.79 Å². The summed E-state index contributed by atoms with van der Waals surface area (Å²) in [4.78, 5) is 18.4. The van der Waals surface area contributed by atoms with Gasteiger partial charge in [0.25, 0.3) is 0 Å². The van der Waals surface area contributed by atoms with Gasteiger partial charge in [-0.3, -0.25) is 9.78 Å². The molecule has 0 N–H and O–H groups in total. The first-order valence-electron chi connectivity index (χ1n) is 13.6. The Morgan fingerprint density at radius 2 is 1.80 bits per heavy atom. The van der Waals surface area contributed by atoms with Gasteiger partial charge in [0.05, 0.1) is 0 Å². The molecule has 0 aliphatic heterocycles. The summed E-state index contributed by atoms with van der Waals surface area (Å²) >= 11 is 0. The molecule has 6 rings (SSSR count). The molecule has 2 aromatic rings. The molecule has 4 aliphatic rings. The predicted octanol–water partition coefficient (Wildman–Crippen LogP) is 7.43. The lowest BCUT2D eigenvalue weighted by molar-refractivity contribution is -0.131. The number of rotatable bonds is 2. The molecule has 3 nitrogen and oxygen atoms in total. The molecular formula is C32H40N2O. The molecule has 1 amide bonds. The van der Waals surface area contributed by atoms with Gasteiger partial charge < -0.3 is 4.90 Å². The molecule has 1 aromatic heterocycles. The van der Waals surface area contributed by atoms with Gasteiger partial charge in [0, 0.05) is 37.8 Å². The van der Waals surface area contributed by atoms with Crippen LogP contribution < -0.4 is 0 Å². The van der Waals surface area contributed by atoms with E-state index in [0.717, 1.165) is 18.8 Å². The van der Waals surface area contributed by atoms with Crippen LogP contribution in [0.15, 0.2) is 54.4 Å². The second-order valence-electron chi connectivity index (χ2n) is 12.7. The maximum Gasteiger partial charge on any atom is 0.219 e. The smallest absolute Gasteiger partial charge is 0.219 e. The fourth-order valence-electron chi connectivity index (χ4n) is 9.13. The van der Waals surface area contributed by atoms with Gasteiger partial charge in [-0.2, -0.15) is 0 Å². The zero-order chi connectivity index (χ0) is 24.6. The summed E-state index contributed by atoms with van der Waals surface area (Å²) in [6.07, 6.45) is 17.4. The SMILES string of the molecule is CC(=O)N(C)[C@@H]1CC[C@@]2(C)C(=CC[C@]3(C)[C@@H]2CC[C@]2(C)C(c4ccc5ccncc5c4)=CC[C@@H]32)C1. The van der Waals surface area contributed by atoms with Crippen molar-refractivity contribution in [1.29, 1.82) is 0 Å². The third kappa shape index (κ3) is 3.22. The van der Waals surface area contributed by atoms with Gasteiger partial charge in [0.15, 0.2) is 0 Å². The number of benzene rings is 1. The molecule has 2 fully saturated rings. The summed E-state index contributed by atoms with van der Waals surface area (Å²) in [6.45, 7) is 9.45. The summed E-state index contributed by atoms with van der Waals surface area (Å²) < 4.78 is 0. The van der Waals surface area contributed by atoms with E-state index in [1.807, 2.05) is 24.3 Å². The minimum absolute atomic E-state index is 0.197. The lowest BCUT2D eigenvalue weighted by atomic mass is 9.41. The van der Waals surface area contributed by atoms with Crippen LogP contribution in [0.5, 0.6) is 0 Å². The van der Waals surface area contributed by atoms with E-state index in [-0.39, 0.29) is 16.7 Å². The molecule has 0 spiro atoms. The number of amides is 1. The highest BCUT2D eigenvalue weighted by atomic mass is 16.2. The molecule has 6 atom stereocenters. The summed E-state index contributed by atoms with van der Waals surface area (Å²) in [5.74, 6) is 1.60. The van der Waals surface area contributed by atoms with Crippen LogP contribution in [0.4, 0.5) is 0 Å². The van der Waals surface area contributed by atoms with E-state index in [0.29, 0.717) is 17.4 Å². The normalized spacial score (nSPS) is 38.1. The fourth-order valence-corrected chi connectivity index (χ4v) is 9.13. The topological polar surface area (TPSA) is 33.2 Å². The first-order chi connectivity index (χ1) is 16.7. The van der Waals surface area contributed by atoms with Gasteiger partial charge in [-0.05, 0) is 102 Å². The lowest BCUT2D eigenvalue weighted by Gasteiger charge is -2.63. The quantitative estimate of drug-likeness (QED) is 0.429. The maximum absolute atomic E-state index is 12.0. The minimum atomic E-state index is 0.197. The Balaban J connectivity index is 1.32. The Hall–Kier alpha value is -2.42. The minimum Gasteiger partial charge on any atom is -0.343 e. The Morgan fingerprint density at radius 1 is 1.00 bits per heavy atom. The summed E-state index contributed by atoms with van der Waals surface area (Å²) in [5.41, 5.74) is 5.43. The van der Waals surface area contributed by atoms with Crippen molar-refractivity contribution in [3.63, 3.8) is 0 Å². The van der Waals surface area contributed by atoms with Gasteiger partial charge in [0.1, 0.15) is 0 Å². The third-order valence-corrected chi connectivity index (χ3v) is 11.2. The van der Waals surface area contributed by atoms with Gasteiger partial charge in [-0.25, -0.2) is 0 Å². The average molecular weight is 469 g/mol. The number of allylic oxidation sites excluding steroid dienone is 3. The van der Waals surface area contributed by atoms with Gasteiger partial charge in [-0.15, -0.1) is 0 Å². The van der Waals surface area contributed by atoms with E-state index in [1.165, 1.54) is 48.4 Å². The Morgan fingerprint density at radius 3 is 2.60 bits per heavy atom. The molecule has 1 heterocycles. The molecule has 3 heteroatoms. The van der Waals surface area contributed by atoms with Crippen LogP contribution in [0.3, 0.4) is 0 Å². The molecule has 0 saturated heterocycles. The molecule has 2 saturated carbocycles. The van der Waals surface area contributed by atoms with Crippen LogP contribution in [-0.2, 0) is 4.79 Å². The predicted molar refractivity (Wildman–Crippen MR) is 144 cm³/mol. The van der Waals surface area contributed by atoms with Crippen LogP contribution >= 0.6 is 0 Å². The zero-order valence-electron chi connectivity index (χ0n) is 22.1. The largest absolute Gasteiger partial charge is 0.343 e. The van der Waals surface area contributed by atoms with Crippen LogP contribution in [0.25, 0.3) is 16.3 Å². The number of pyridine rings is 1. The van der Waals surface area contributed by atoms with Gasteiger partial charge in [0.2, 0.25) is 5.91 Å². The van der Waals surface area contributed by atoms with Crippen molar-refractivity contribution in [2.45, 2.75) is 78.7 Å². The number of hydrogen-bond donors (Lipinski definition) is 0.